The van der Waals surface area contributed by atoms with Crippen molar-refractivity contribution in [3.63, 3.8) is 0 Å². The molecule has 0 unspecified atom stereocenters. The second-order valence-corrected chi connectivity index (χ2v) is 5.87. The quantitative estimate of drug-likeness (QED) is 0.819. The van der Waals surface area contributed by atoms with Gasteiger partial charge in [0.1, 0.15) is 6.04 Å². The minimum absolute atomic E-state index is 0.0321. The number of hydrogen-bond acceptors (Lipinski definition) is 4. The third-order valence-corrected chi connectivity index (χ3v) is 4.20. The maximum absolute atomic E-state index is 12.6. The summed E-state index contributed by atoms with van der Waals surface area (Å²) >= 11 is 0. The highest BCUT2D eigenvalue weighted by Gasteiger charge is 2.39. The Morgan fingerprint density at radius 1 is 1.20 bits per heavy atom. The van der Waals surface area contributed by atoms with Crippen LogP contribution < -0.4 is 10.2 Å². The molecular formula is C19H18N2O4. The molecule has 3 rings (SSSR count). The van der Waals surface area contributed by atoms with Gasteiger partial charge in [-0.1, -0.05) is 25.1 Å². The molecule has 1 atom stereocenters. The summed E-state index contributed by atoms with van der Waals surface area (Å²) in [6.45, 7) is 2.06. The molecule has 2 aromatic carbocycles. The van der Waals surface area contributed by atoms with E-state index in [1.165, 1.54) is 23.8 Å². The van der Waals surface area contributed by atoms with Crippen LogP contribution in [-0.4, -0.2) is 28.9 Å². The molecule has 1 fully saturated rings. The van der Waals surface area contributed by atoms with Gasteiger partial charge in [-0.25, -0.2) is 9.69 Å². The van der Waals surface area contributed by atoms with Crippen LogP contribution in [0.3, 0.4) is 0 Å². The molecule has 0 aromatic heterocycles. The molecule has 128 valence electrons. The Hall–Kier alpha value is -3.15. The van der Waals surface area contributed by atoms with Gasteiger partial charge in [0.2, 0.25) is 5.91 Å². The van der Waals surface area contributed by atoms with Gasteiger partial charge in [0.05, 0.1) is 17.7 Å². The van der Waals surface area contributed by atoms with E-state index in [-0.39, 0.29) is 29.5 Å². The molecular weight excluding hydrogens is 320 g/mol. The van der Waals surface area contributed by atoms with Crippen LogP contribution in [-0.2, 0) is 16.0 Å². The average Bonchev–Trinajstić information content (AvgIpc) is 2.89. The highest BCUT2D eigenvalue weighted by Crippen LogP contribution is 2.26. The van der Waals surface area contributed by atoms with E-state index >= 15 is 0 Å². The van der Waals surface area contributed by atoms with E-state index in [0.717, 1.165) is 17.0 Å². The van der Waals surface area contributed by atoms with E-state index in [0.29, 0.717) is 0 Å². The molecule has 6 nitrogen and oxygen atoms in total. The van der Waals surface area contributed by atoms with Gasteiger partial charge in [-0.2, -0.15) is 0 Å². The van der Waals surface area contributed by atoms with Crippen LogP contribution in [0.2, 0.25) is 0 Å². The SMILES string of the molecule is CCc1ccc(N[C@@H]2CC(=O)N(c3cccc(C(=O)O)c3)C2=O)cc1. The average molecular weight is 338 g/mol. The monoisotopic (exact) mass is 338 g/mol. The molecule has 1 aliphatic heterocycles. The highest BCUT2D eigenvalue weighted by atomic mass is 16.4. The molecule has 0 bridgehead atoms. The van der Waals surface area contributed by atoms with E-state index < -0.39 is 12.0 Å². The molecule has 25 heavy (non-hydrogen) atoms. The van der Waals surface area contributed by atoms with Crippen molar-refractivity contribution in [3.8, 4) is 0 Å². The summed E-state index contributed by atoms with van der Waals surface area (Å²) in [5.41, 5.74) is 2.26. The van der Waals surface area contributed by atoms with Gasteiger partial charge in [-0.3, -0.25) is 9.59 Å². The van der Waals surface area contributed by atoms with Crippen LogP contribution in [0.4, 0.5) is 11.4 Å². The number of carboxylic acid groups (broad SMARTS) is 1. The number of nitrogens with zero attached hydrogens (tertiary/aromatic N) is 1. The Labute approximate surface area is 145 Å². The Morgan fingerprint density at radius 3 is 2.56 bits per heavy atom. The van der Waals surface area contributed by atoms with Crippen LogP contribution in [0.25, 0.3) is 0 Å². The molecule has 2 N–H and O–H groups in total. The third-order valence-electron chi connectivity index (χ3n) is 4.20. The fraction of sp³-hybridized carbons (Fsp3) is 0.211. The molecule has 1 aliphatic rings. The number of imide groups is 1. The number of carbonyl (C=O) groups excluding carboxylic acids is 2. The maximum Gasteiger partial charge on any atom is 0.335 e. The van der Waals surface area contributed by atoms with Crippen molar-refractivity contribution in [1.29, 1.82) is 0 Å². The molecule has 1 heterocycles. The summed E-state index contributed by atoms with van der Waals surface area (Å²) in [6, 6.07) is 12.9. The van der Waals surface area contributed by atoms with Crippen LogP contribution in [0.15, 0.2) is 48.5 Å². The lowest BCUT2D eigenvalue weighted by molar-refractivity contribution is -0.121. The second-order valence-electron chi connectivity index (χ2n) is 5.87. The lowest BCUT2D eigenvalue weighted by Gasteiger charge is -2.16. The van der Waals surface area contributed by atoms with Crippen molar-refractivity contribution in [3.05, 3.63) is 59.7 Å². The number of aromatic carboxylic acids is 1. The largest absolute Gasteiger partial charge is 0.478 e. The number of carbonyl (C=O) groups is 3. The Kier molecular flexibility index (Phi) is 4.52. The zero-order valence-corrected chi connectivity index (χ0v) is 13.7. The second kappa shape index (κ2) is 6.76. The van der Waals surface area contributed by atoms with Crippen LogP contribution >= 0.6 is 0 Å². The third kappa shape index (κ3) is 3.38. The number of amides is 2. The fourth-order valence-corrected chi connectivity index (χ4v) is 2.83. The predicted octanol–water partition coefficient (Wildman–Crippen LogP) is 2.69. The number of anilines is 2. The van der Waals surface area contributed by atoms with Gasteiger partial charge in [0.15, 0.2) is 0 Å². The zero-order valence-electron chi connectivity index (χ0n) is 13.7. The Bertz CT molecular complexity index is 830. The maximum atomic E-state index is 12.6. The number of nitrogens with one attached hydrogen (secondary N) is 1. The first kappa shape index (κ1) is 16.7. The highest BCUT2D eigenvalue weighted by molar-refractivity contribution is 6.23. The van der Waals surface area contributed by atoms with Crippen LogP contribution in [0.1, 0.15) is 29.3 Å². The Morgan fingerprint density at radius 2 is 1.92 bits per heavy atom. The van der Waals surface area contributed by atoms with E-state index in [4.69, 9.17) is 5.11 Å². The Balaban J connectivity index is 1.80. The van der Waals surface area contributed by atoms with Crippen LogP contribution in [0, 0.1) is 0 Å². The van der Waals surface area contributed by atoms with E-state index in [1.54, 1.807) is 6.07 Å². The standard InChI is InChI=1S/C19H18N2O4/c1-2-12-6-8-14(9-7-12)20-16-11-17(22)21(18(16)23)15-5-3-4-13(10-15)19(24)25/h3-10,16,20H,2,11H2,1H3,(H,24,25)/t16-/m1/s1. The van der Waals surface area contributed by atoms with Crippen molar-refractivity contribution in [2.24, 2.45) is 0 Å². The number of hydrogen-bond donors (Lipinski definition) is 2. The molecule has 2 amide bonds. The van der Waals surface area contributed by atoms with Gasteiger partial charge in [-0.15, -0.1) is 0 Å². The van der Waals surface area contributed by atoms with E-state index in [9.17, 15) is 14.4 Å². The van der Waals surface area contributed by atoms with E-state index in [1.807, 2.05) is 24.3 Å². The molecule has 0 saturated carbocycles. The topological polar surface area (TPSA) is 86.7 Å². The zero-order chi connectivity index (χ0) is 18.0. The fourth-order valence-electron chi connectivity index (χ4n) is 2.83. The first-order chi connectivity index (χ1) is 12.0. The minimum Gasteiger partial charge on any atom is -0.478 e. The molecule has 2 aromatic rings. The van der Waals surface area contributed by atoms with Gasteiger partial charge in [0, 0.05) is 5.69 Å². The number of rotatable bonds is 5. The normalized spacial score (nSPS) is 17.0. The van der Waals surface area contributed by atoms with Crippen molar-refractivity contribution < 1.29 is 19.5 Å². The number of aryl methyl sites for hydroxylation is 1. The number of benzene rings is 2. The lowest BCUT2D eigenvalue weighted by Crippen LogP contribution is -2.34. The van der Waals surface area contributed by atoms with Crippen molar-refractivity contribution >= 4 is 29.2 Å². The van der Waals surface area contributed by atoms with E-state index in [2.05, 4.69) is 12.2 Å². The van der Waals surface area contributed by atoms with Crippen molar-refractivity contribution in [1.82, 2.24) is 0 Å². The summed E-state index contributed by atoms with van der Waals surface area (Å²) in [5.74, 6) is -1.84. The molecule has 6 heteroatoms. The smallest absolute Gasteiger partial charge is 0.335 e. The van der Waals surface area contributed by atoms with Gasteiger partial charge < -0.3 is 10.4 Å². The summed E-state index contributed by atoms with van der Waals surface area (Å²) < 4.78 is 0. The molecule has 1 saturated heterocycles. The predicted molar refractivity (Wildman–Crippen MR) is 93.7 cm³/mol. The minimum atomic E-state index is -1.10. The molecule has 0 aliphatic carbocycles. The van der Waals surface area contributed by atoms with Gasteiger partial charge in [0.25, 0.3) is 5.91 Å². The van der Waals surface area contributed by atoms with Crippen LogP contribution in [0.5, 0.6) is 0 Å². The number of carboxylic acids is 1. The summed E-state index contributed by atoms with van der Waals surface area (Å²) in [5, 5.41) is 12.2. The first-order valence-corrected chi connectivity index (χ1v) is 8.05. The van der Waals surface area contributed by atoms with Gasteiger partial charge in [-0.05, 0) is 42.3 Å². The molecule has 0 radical (unpaired) electrons. The van der Waals surface area contributed by atoms with Crippen molar-refractivity contribution in [2.75, 3.05) is 10.2 Å². The summed E-state index contributed by atoms with van der Waals surface area (Å²) in [7, 11) is 0. The summed E-state index contributed by atoms with van der Waals surface area (Å²) in [6.07, 6.45) is 0.959. The molecule has 0 spiro atoms. The van der Waals surface area contributed by atoms with Crippen molar-refractivity contribution in [2.45, 2.75) is 25.8 Å². The first-order valence-electron chi connectivity index (χ1n) is 8.05. The lowest BCUT2D eigenvalue weighted by atomic mass is 10.1. The summed E-state index contributed by atoms with van der Waals surface area (Å²) in [4.78, 5) is 37.0. The van der Waals surface area contributed by atoms with Gasteiger partial charge >= 0.3 is 5.97 Å².